The van der Waals surface area contributed by atoms with Crippen molar-refractivity contribution in [3.63, 3.8) is 0 Å². The van der Waals surface area contributed by atoms with Crippen LogP contribution >= 0.6 is 0 Å². The molecule has 1 fully saturated rings. The SMILES string of the molecule is COc1cc2c(cc1NC(=O)N1CC[C@@H](C)[S@](=O)CC1)oc1ccccc12. The van der Waals surface area contributed by atoms with Crippen LogP contribution in [0.25, 0.3) is 21.9 Å². The zero-order valence-electron chi connectivity index (χ0n) is 15.4. The minimum Gasteiger partial charge on any atom is -0.495 e. The summed E-state index contributed by atoms with van der Waals surface area (Å²) in [5.41, 5.74) is 2.05. The number of urea groups is 1. The zero-order chi connectivity index (χ0) is 19.0. The fourth-order valence-corrected chi connectivity index (χ4v) is 4.57. The molecule has 142 valence electrons. The van der Waals surface area contributed by atoms with Gasteiger partial charge in [0.25, 0.3) is 0 Å². The molecule has 4 rings (SSSR count). The molecule has 0 bridgehead atoms. The van der Waals surface area contributed by atoms with Crippen molar-refractivity contribution in [2.24, 2.45) is 0 Å². The van der Waals surface area contributed by atoms with E-state index in [4.69, 9.17) is 9.15 Å². The molecule has 3 aromatic rings. The lowest BCUT2D eigenvalue weighted by molar-refractivity contribution is 0.215. The number of carbonyl (C=O) groups excluding carboxylic acids is 1. The van der Waals surface area contributed by atoms with Crippen molar-refractivity contribution in [1.82, 2.24) is 4.90 Å². The normalized spacial score (nSPS) is 20.6. The first-order chi connectivity index (χ1) is 13.1. The Morgan fingerprint density at radius 1 is 1.22 bits per heavy atom. The van der Waals surface area contributed by atoms with Crippen LogP contribution in [-0.4, -0.2) is 46.3 Å². The van der Waals surface area contributed by atoms with Crippen molar-refractivity contribution in [3.05, 3.63) is 36.4 Å². The number of carbonyl (C=O) groups is 1. The number of fused-ring (bicyclic) bond motifs is 3. The van der Waals surface area contributed by atoms with Gasteiger partial charge >= 0.3 is 6.03 Å². The maximum atomic E-state index is 12.7. The van der Waals surface area contributed by atoms with Gasteiger partial charge in [-0.05, 0) is 18.6 Å². The first-order valence-electron chi connectivity index (χ1n) is 8.99. The number of nitrogens with one attached hydrogen (secondary N) is 1. The maximum Gasteiger partial charge on any atom is 0.321 e. The molecule has 27 heavy (non-hydrogen) atoms. The second kappa shape index (κ2) is 7.23. The van der Waals surface area contributed by atoms with Gasteiger partial charge in [0.05, 0.1) is 12.8 Å². The lowest BCUT2D eigenvalue weighted by Crippen LogP contribution is -2.36. The molecule has 0 saturated carbocycles. The average molecular weight is 386 g/mol. The molecule has 1 aliphatic heterocycles. The molecular formula is C20H22N2O4S. The number of benzene rings is 2. The summed E-state index contributed by atoms with van der Waals surface area (Å²) in [6.45, 7) is 3.04. The molecule has 2 aromatic carbocycles. The van der Waals surface area contributed by atoms with E-state index in [0.717, 1.165) is 22.8 Å². The molecule has 2 atom stereocenters. The van der Waals surface area contributed by atoms with Gasteiger partial charge < -0.3 is 19.4 Å². The van der Waals surface area contributed by atoms with Gasteiger partial charge in [0.15, 0.2) is 0 Å². The van der Waals surface area contributed by atoms with Crippen molar-refractivity contribution >= 4 is 44.5 Å². The highest BCUT2D eigenvalue weighted by Gasteiger charge is 2.23. The minimum absolute atomic E-state index is 0.115. The quantitative estimate of drug-likeness (QED) is 0.723. The highest BCUT2D eigenvalue weighted by atomic mass is 32.2. The summed E-state index contributed by atoms with van der Waals surface area (Å²) in [5, 5.41) is 4.99. The summed E-state index contributed by atoms with van der Waals surface area (Å²) in [5.74, 6) is 1.09. The summed E-state index contributed by atoms with van der Waals surface area (Å²) in [7, 11) is 0.698. The third-order valence-corrected chi connectivity index (χ3v) is 6.76. The molecule has 6 nitrogen and oxygen atoms in total. The van der Waals surface area contributed by atoms with Crippen LogP contribution in [0.2, 0.25) is 0 Å². The number of methoxy groups -OCH3 is 1. The number of hydrogen-bond acceptors (Lipinski definition) is 4. The Balaban J connectivity index is 1.63. The molecule has 1 aromatic heterocycles. The van der Waals surface area contributed by atoms with Gasteiger partial charge in [-0.1, -0.05) is 25.1 Å². The van der Waals surface area contributed by atoms with Gasteiger partial charge in [0.1, 0.15) is 16.9 Å². The zero-order valence-corrected chi connectivity index (χ0v) is 16.2. The Morgan fingerprint density at radius 3 is 2.85 bits per heavy atom. The Kier molecular flexibility index (Phi) is 4.78. The van der Waals surface area contributed by atoms with Gasteiger partial charge in [-0.3, -0.25) is 4.21 Å². The van der Waals surface area contributed by atoms with Crippen molar-refractivity contribution < 1.29 is 18.2 Å². The van der Waals surface area contributed by atoms with Crippen LogP contribution in [0.15, 0.2) is 40.8 Å². The number of hydrogen-bond donors (Lipinski definition) is 1. The van der Waals surface area contributed by atoms with Crippen molar-refractivity contribution in [2.75, 3.05) is 31.3 Å². The Labute approximate surface area is 159 Å². The number of furan rings is 1. The van der Waals surface area contributed by atoms with E-state index in [0.29, 0.717) is 35.9 Å². The Bertz CT molecular complexity index is 1030. The number of rotatable bonds is 2. The fourth-order valence-electron chi connectivity index (χ4n) is 3.40. The van der Waals surface area contributed by atoms with E-state index in [-0.39, 0.29) is 11.3 Å². The molecule has 0 spiro atoms. The molecular weight excluding hydrogens is 364 g/mol. The van der Waals surface area contributed by atoms with Crippen molar-refractivity contribution in [2.45, 2.75) is 18.6 Å². The van der Waals surface area contributed by atoms with Crippen molar-refractivity contribution in [3.8, 4) is 5.75 Å². The standard InChI is InChI=1S/C20H22N2O4S/c1-13-7-8-22(9-10-27(13)24)20(23)21-16-12-18-15(11-19(16)25-2)14-5-3-4-6-17(14)26-18/h3-6,11-13H,7-10H2,1-2H3,(H,21,23)/t13-,27-/m1/s1. The predicted octanol–water partition coefficient (Wildman–Crippen LogP) is 3.97. The third kappa shape index (κ3) is 3.39. The van der Waals surface area contributed by atoms with Crippen LogP contribution in [0.3, 0.4) is 0 Å². The van der Waals surface area contributed by atoms with Crippen LogP contribution < -0.4 is 10.1 Å². The topological polar surface area (TPSA) is 71.8 Å². The molecule has 0 unspecified atom stereocenters. The highest BCUT2D eigenvalue weighted by Crippen LogP contribution is 2.36. The number of ether oxygens (including phenoxy) is 1. The second-order valence-electron chi connectivity index (χ2n) is 6.75. The van der Waals surface area contributed by atoms with Crippen LogP contribution in [0.5, 0.6) is 5.75 Å². The summed E-state index contributed by atoms with van der Waals surface area (Å²) in [6.07, 6.45) is 0.736. The van der Waals surface area contributed by atoms with Gasteiger partial charge in [-0.2, -0.15) is 0 Å². The average Bonchev–Trinajstić information content (AvgIpc) is 2.94. The van der Waals surface area contributed by atoms with E-state index in [2.05, 4.69) is 5.32 Å². The first-order valence-corrected chi connectivity index (χ1v) is 10.4. The second-order valence-corrected chi connectivity index (χ2v) is 8.72. The summed E-state index contributed by atoms with van der Waals surface area (Å²) < 4.78 is 23.4. The van der Waals surface area contributed by atoms with Gasteiger partial charge in [0, 0.05) is 51.7 Å². The Hall–Kier alpha value is -2.54. The van der Waals surface area contributed by atoms with Crippen LogP contribution in [0, 0.1) is 0 Å². The smallest absolute Gasteiger partial charge is 0.321 e. The number of anilines is 1. The highest BCUT2D eigenvalue weighted by molar-refractivity contribution is 7.85. The van der Waals surface area contributed by atoms with Crippen LogP contribution in [0.4, 0.5) is 10.5 Å². The minimum atomic E-state index is -0.881. The molecule has 0 radical (unpaired) electrons. The molecule has 1 N–H and O–H groups in total. The largest absolute Gasteiger partial charge is 0.495 e. The monoisotopic (exact) mass is 386 g/mol. The lowest BCUT2D eigenvalue weighted by atomic mass is 10.1. The van der Waals surface area contributed by atoms with Crippen LogP contribution in [0.1, 0.15) is 13.3 Å². The van der Waals surface area contributed by atoms with Gasteiger partial charge in [-0.25, -0.2) is 4.79 Å². The van der Waals surface area contributed by atoms with Gasteiger partial charge in [0.2, 0.25) is 0 Å². The van der Waals surface area contributed by atoms with Gasteiger partial charge in [-0.15, -0.1) is 0 Å². The lowest BCUT2D eigenvalue weighted by Gasteiger charge is -2.21. The molecule has 1 saturated heterocycles. The summed E-state index contributed by atoms with van der Waals surface area (Å²) >= 11 is 0. The fraction of sp³-hybridized carbons (Fsp3) is 0.350. The summed E-state index contributed by atoms with van der Waals surface area (Å²) in [4.78, 5) is 14.5. The van der Waals surface area contributed by atoms with E-state index in [1.54, 1.807) is 18.1 Å². The van der Waals surface area contributed by atoms with E-state index in [9.17, 15) is 9.00 Å². The first kappa shape index (κ1) is 17.9. The third-order valence-electron chi connectivity index (χ3n) is 5.04. The van der Waals surface area contributed by atoms with E-state index in [1.165, 1.54) is 0 Å². The van der Waals surface area contributed by atoms with E-state index >= 15 is 0 Å². The molecule has 1 aliphatic rings. The molecule has 7 heteroatoms. The predicted molar refractivity (Wildman–Crippen MR) is 108 cm³/mol. The molecule has 0 aliphatic carbocycles. The Morgan fingerprint density at radius 2 is 2.04 bits per heavy atom. The van der Waals surface area contributed by atoms with Crippen LogP contribution in [-0.2, 0) is 10.8 Å². The number of nitrogens with zero attached hydrogens (tertiary/aromatic N) is 1. The number of para-hydroxylation sites is 1. The maximum absolute atomic E-state index is 12.7. The van der Waals surface area contributed by atoms with Crippen molar-refractivity contribution in [1.29, 1.82) is 0 Å². The van der Waals surface area contributed by atoms with E-state index < -0.39 is 10.8 Å². The number of amides is 2. The molecule has 2 heterocycles. The molecule has 2 amide bonds. The summed E-state index contributed by atoms with van der Waals surface area (Å²) in [6, 6.07) is 11.3. The van der Waals surface area contributed by atoms with E-state index in [1.807, 2.05) is 37.3 Å².